The van der Waals surface area contributed by atoms with Crippen molar-refractivity contribution in [3.05, 3.63) is 42.0 Å². The number of hydrogen-bond donors (Lipinski definition) is 0. The Morgan fingerprint density at radius 2 is 2.13 bits per heavy atom. The molecule has 1 aromatic rings. The van der Waals surface area contributed by atoms with Crippen molar-refractivity contribution >= 4 is 12.0 Å². The summed E-state index contributed by atoms with van der Waals surface area (Å²) in [4.78, 5) is 11.1. The number of esters is 1. The fourth-order valence-corrected chi connectivity index (χ4v) is 1.65. The average Bonchev–Trinajstić information content (AvgIpc) is 3.06. The number of carbonyl (C=O) groups excluding carboxylic acids is 1. The summed E-state index contributed by atoms with van der Waals surface area (Å²) in [6, 6.07) is 10.1. The van der Waals surface area contributed by atoms with E-state index in [4.69, 9.17) is 0 Å². The summed E-state index contributed by atoms with van der Waals surface area (Å²) < 4.78 is 4.68. The highest BCUT2D eigenvalue weighted by Crippen LogP contribution is 2.40. The molecule has 2 heteroatoms. The Bertz CT molecular complexity index is 367. The maximum absolute atomic E-state index is 11.1. The van der Waals surface area contributed by atoms with Gasteiger partial charge < -0.3 is 4.74 Å². The third-order valence-corrected chi connectivity index (χ3v) is 2.68. The zero-order chi connectivity index (χ0) is 10.7. The summed E-state index contributed by atoms with van der Waals surface area (Å²) in [5.41, 5.74) is 1.17. The average molecular weight is 202 g/mol. The second-order valence-corrected chi connectivity index (χ2v) is 3.80. The first-order valence-corrected chi connectivity index (χ1v) is 5.12. The normalized spacial score (nSPS) is 24.1. The van der Waals surface area contributed by atoms with Gasteiger partial charge in [0.25, 0.3) is 0 Å². The van der Waals surface area contributed by atoms with Gasteiger partial charge in [0.15, 0.2) is 0 Å². The van der Waals surface area contributed by atoms with Crippen molar-refractivity contribution in [1.29, 1.82) is 0 Å². The van der Waals surface area contributed by atoms with Gasteiger partial charge in [-0.05, 0) is 17.9 Å². The van der Waals surface area contributed by atoms with Crippen LogP contribution in [0, 0.1) is 11.8 Å². The van der Waals surface area contributed by atoms with Crippen molar-refractivity contribution in [2.24, 2.45) is 11.8 Å². The highest BCUT2D eigenvalue weighted by molar-refractivity contribution is 5.76. The molecule has 0 N–H and O–H groups in total. The maximum atomic E-state index is 11.1. The van der Waals surface area contributed by atoms with Gasteiger partial charge in [0.1, 0.15) is 0 Å². The SMILES string of the molecule is COC(=O)[C@@H]1C[C@H]1/C=C/c1ccccc1. The first-order valence-electron chi connectivity index (χ1n) is 5.12. The van der Waals surface area contributed by atoms with Gasteiger partial charge in [0.2, 0.25) is 0 Å². The molecular weight excluding hydrogens is 188 g/mol. The van der Waals surface area contributed by atoms with E-state index >= 15 is 0 Å². The largest absolute Gasteiger partial charge is 0.469 e. The minimum atomic E-state index is -0.0855. The minimum Gasteiger partial charge on any atom is -0.469 e. The molecule has 0 heterocycles. The molecule has 0 saturated heterocycles. The molecule has 2 atom stereocenters. The molecule has 2 nitrogen and oxygen atoms in total. The van der Waals surface area contributed by atoms with E-state index in [1.54, 1.807) is 0 Å². The molecule has 0 spiro atoms. The number of hydrogen-bond acceptors (Lipinski definition) is 2. The summed E-state index contributed by atoms with van der Waals surface area (Å²) in [5, 5.41) is 0. The zero-order valence-corrected chi connectivity index (χ0v) is 8.72. The van der Waals surface area contributed by atoms with Gasteiger partial charge in [-0.15, -0.1) is 0 Å². The smallest absolute Gasteiger partial charge is 0.309 e. The van der Waals surface area contributed by atoms with Crippen LogP contribution in [0.2, 0.25) is 0 Å². The molecule has 1 aliphatic rings. The molecule has 1 fully saturated rings. The lowest BCUT2D eigenvalue weighted by atomic mass is 10.2. The molecule has 0 amide bonds. The van der Waals surface area contributed by atoms with Crippen molar-refractivity contribution in [1.82, 2.24) is 0 Å². The standard InChI is InChI=1S/C13H14O2/c1-15-13(14)12-9-11(12)8-7-10-5-3-2-4-6-10/h2-8,11-12H,9H2,1H3/b8-7+/t11-,12-/m1/s1. The van der Waals surface area contributed by atoms with Gasteiger partial charge >= 0.3 is 5.97 Å². The van der Waals surface area contributed by atoms with Crippen LogP contribution >= 0.6 is 0 Å². The van der Waals surface area contributed by atoms with Crippen LogP contribution in [-0.4, -0.2) is 13.1 Å². The monoisotopic (exact) mass is 202 g/mol. The third kappa shape index (κ3) is 2.46. The van der Waals surface area contributed by atoms with Crippen molar-refractivity contribution in [3.8, 4) is 0 Å². The predicted octanol–water partition coefficient (Wildman–Crippen LogP) is 2.51. The fourth-order valence-electron chi connectivity index (χ4n) is 1.65. The lowest BCUT2D eigenvalue weighted by Crippen LogP contribution is -2.03. The zero-order valence-electron chi connectivity index (χ0n) is 8.72. The van der Waals surface area contributed by atoms with Crippen LogP contribution in [0.15, 0.2) is 36.4 Å². The number of carbonyl (C=O) groups is 1. The number of ether oxygens (including phenoxy) is 1. The van der Waals surface area contributed by atoms with Gasteiger partial charge in [-0.2, -0.15) is 0 Å². The first kappa shape index (κ1) is 9.97. The molecule has 2 rings (SSSR count). The highest BCUT2D eigenvalue weighted by Gasteiger charge is 2.41. The molecular formula is C13H14O2. The number of allylic oxidation sites excluding steroid dienone is 1. The van der Waals surface area contributed by atoms with Crippen LogP contribution in [0.25, 0.3) is 6.08 Å². The predicted molar refractivity (Wildman–Crippen MR) is 59.1 cm³/mol. The second-order valence-electron chi connectivity index (χ2n) is 3.80. The number of methoxy groups -OCH3 is 1. The molecule has 1 aliphatic carbocycles. The van der Waals surface area contributed by atoms with Gasteiger partial charge in [-0.1, -0.05) is 42.5 Å². The van der Waals surface area contributed by atoms with Crippen LogP contribution in [0.1, 0.15) is 12.0 Å². The van der Waals surface area contributed by atoms with Crippen molar-refractivity contribution in [2.45, 2.75) is 6.42 Å². The molecule has 0 aromatic heterocycles. The Morgan fingerprint density at radius 3 is 2.80 bits per heavy atom. The van der Waals surface area contributed by atoms with Gasteiger partial charge in [-0.3, -0.25) is 4.79 Å². The molecule has 0 aliphatic heterocycles. The van der Waals surface area contributed by atoms with Crippen LogP contribution in [0.5, 0.6) is 0 Å². The summed E-state index contributed by atoms with van der Waals surface area (Å²) in [6.45, 7) is 0. The topological polar surface area (TPSA) is 26.3 Å². The quantitative estimate of drug-likeness (QED) is 0.704. The first-order chi connectivity index (χ1) is 7.31. The molecule has 0 unspecified atom stereocenters. The van der Waals surface area contributed by atoms with Crippen molar-refractivity contribution < 1.29 is 9.53 Å². The van der Waals surface area contributed by atoms with Gasteiger partial charge in [0.05, 0.1) is 13.0 Å². The number of benzene rings is 1. The van der Waals surface area contributed by atoms with E-state index in [0.29, 0.717) is 5.92 Å². The number of rotatable bonds is 3. The van der Waals surface area contributed by atoms with E-state index in [0.717, 1.165) is 6.42 Å². The third-order valence-electron chi connectivity index (χ3n) is 2.68. The van der Waals surface area contributed by atoms with E-state index in [2.05, 4.69) is 16.9 Å². The van der Waals surface area contributed by atoms with E-state index in [9.17, 15) is 4.79 Å². The van der Waals surface area contributed by atoms with E-state index in [1.165, 1.54) is 12.7 Å². The molecule has 1 aromatic carbocycles. The lowest BCUT2D eigenvalue weighted by Gasteiger charge is -1.94. The summed E-state index contributed by atoms with van der Waals surface area (Å²) in [6.07, 6.45) is 5.08. The molecule has 78 valence electrons. The van der Waals surface area contributed by atoms with E-state index in [1.807, 2.05) is 30.3 Å². The fraction of sp³-hybridized carbons (Fsp3) is 0.308. The Kier molecular flexibility index (Phi) is 2.86. The molecule has 15 heavy (non-hydrogen) atoms. The Morgan fingerprint density at radius 1 is 1.40 bits per heavy atom. The Hall–Kier alpha value is -1.57. The molecule has 0 bridgehead atoms. The Balaban J connectivity index is 1.90. The van der Waals surface area contributed by atoms with E-state index < -0.39 is 0 Å². The molecule has 1 saturated carbocycles. The summed E-state index contributed by atoms with van der Waals surface area (Å²) in [7, 11) is 1.44. The minimum absolute atomic E-state index is 0.0855. The molecule has 0 radical (unpaired) electrons. The van der Waals surface area contributed by atoms with Gasteiger partial charge in [-0.25, -0.2) is 0 Å². The van der Waals surface area contributed by atoms with Crippen LogP contribution in [0.3, 0.4) is 0 Å². The van der Waals surface area contributed by atoms with Crippen molar-refractivity contribution in [2.75, 3.05) is 7.11 Å². The van der Waals surface area contributed by atoms with Crippen LogP contribution in [0.4, 0.5) is 0 Å². The van der Waals surface area contributed by atoms with E-state index in [-0.39, 0.29) is 11.9 Å². The summed E-state index contributed by atoms with van der Waals surface area (Å²) in [5.74, 6) is 0.380. The lowest BCUT2D eigenvalue weighted by molar-refractivity contribution is -0.142. The summed E-state index contributed by atoms with van der Waals surface area (Å²) >= 11 is 0. The highest BCUT2D eigenvalue weighted by atomic mass is 16.5. The maximum Gasteiger partial charge on any atom is 0.309 e. The van der Waals surface area contributed by atoms with Crippen LogP contribution in [-0.2, 0) is 9.53 Å². The van der Waals surface area contributed by atoms with Crippen LogP contribution < -0.4 is 0 Å². The Labute approximate surface area is 89.6 Å². The van der Waals surface area contributed by atoms with Crippen molar-refractivity contribution in [3.63, 3.8) is 0 Å². The van der Waals surface area contributed by atoms with Gasteiger partial charge in [0, 0.05) is 0 Å². The second kappa shape index (κ2) is 4.30.